The monoisotopic (exact) mass is 607 g/mol. The average Bonchev–Trinajstić information content (AvgIpc) is 3.26. The van der Waals surface area contributed by atoms with Crippen molar-refractivity contribution in [2.45, 2.75) is 83.2 Å². The molecule has 0 spiro atoms. The molecule has 3 N–H and O–H groups in total. The Bertz CT molecular complexity index is 1400. The van der Waals surface area contributed by atoms with E-state index in [-0.39, 0.29) is 67.0 Å². The van der Waals surface area contributed by atoms with Gasteiger partial charge in [0.25, 0.3) is 0 Å². The Morgan fingerprint density at radius 2 is 1.75 bits per heavy atom. The molecule has 44 heavy (non-hydrogen) atoms. The molecule has 3 saturated carbocycles. The van der Waals surface area contributed by atoms with Crippen LogP contribution < -0.4 is 5.32 Å². The lowest BCUT2D eigenvalue weighted by Gasteiger charge is -2.57. The second-order valence-electron chi connectivity index (χ2n) is 13.5. The van der Waals surface area contributed by atoms with Crippen molar-refractivity contribution >= 4 is 35.2 Å². The van der Waals surface area contributed by atoms with Gasteiger partial charge in [0.15, 0.2) is 12.4 Å². The topological polar surface area (TPSA) is 164 Å². The van der Waals surface area contributed by atoms with Crippen molar-refractivity contribution in [3.8, 4) is 0 Å². The molecule has 0 unspecified atom stereocenters. The van der Waals surface area contributed by atoms with Crippen molar-refractivity contribution in [1.82, 2.24) is 5.32 Å². The highest BCUT2D eigenvalue weighted by atomic mass is 16.5. The van der Waals surface area contributed by atoms with Gasteiger partial charge < -0.3 is 20.3 Å². The standard InChI is InChI=1S/C34H41NO9/c1-32-14-12-22(36)16-21(32)8-9-23-25-13-15-34(43,33(25,2)17-26(37)30(23)32)27(38)19-44-29(40)11-10-28(39)35-18-24(31(41)42)20-6-4-3-5-7-20/h3-7,16,23-25,30,43H,8-15,17-19H2,1-2H3,(H,35,39)(H,41,42)/t23-,24-,25-,30+,32-,33-,34-/m0/s1. The Kier molecular flexibility index (Phi) is 8.68. The summed E-state index contributed by atoms with van der Waals surface area (Å²) in [6.45, 7) is 3.08. The first-order valence-electron chi connectivity index (χ1n) is 15.5. The summed E-state index contributed by atoms with van der Waals surface area (Å²) < 4.78 is 5.17. The van der Waals surface area contributed by atoms with Crippen molar-refractivity contribution in [1.29, 1.82) is 0 Å². The van der Waals surface area contributed by atoms with E-state index in [1.165, 1.54) is 0 Å². The minimum atomic E-state index is -1.82. The summed E-state index contributed by atoms with van der Waals surface area (Å²) in [6.07, 6.45) is 4.47. The number of carboxylic acid groups (broad SMARTS) is 1. The molecule has 7 atom stereocenters. The largest absolute Gasteiger partial charge is 0.481 e. The fraction of sp³-hybridized carbons (Fsp3) is 0.588. The van der Waals surface area contributed by atoms with Crippen LogP contribution in [0.1, 0.15) is 83.1 Å². The predicted octanol–water partition coefficient (Wildman–Crippen LogP) is 3.31. The normalized spacial score (nSPS) is 33.2. The molecule has 10 heteroatoms. The number of hydrogen-bond acceptors (Lipinski definition) is 8. The number of rotatable bonds is 10. The van der Waals surface area contributed by atoms with Crippen molar-refractivity contribution in [2.75, 3.05) is 13.2 Å². The molecule has 4 aliphatic rings. The van der Waals surface area contributed by atoms with Crippen LogP contribution in [0, 0.1) is 28.6 Å². The minimum Gasteiger partial charge on any atom is -0.481 e. The van der Waals surface area contributed by atoms with E-state index in [9.17, 15) is 39.0 Å². The Balaban J connectivity index is 1.15. The van der Waals surface area contributed by atoms with Gasteiger partial charge in [0.2, 0.25) is 11.7 Å². The molecular formula is C34H41NO9. The van der Waals surface area contributed by atoms with E-state index < -0.39 is 47.2 Å². The molecule has 0 radical (unpaired) electrons. The molecule has 236 valence electrons. The van der Waals surface area contributed by atoms with E-state index >= 15 is 0 Å². The average molecular weight is 608 g/mol. The summed E-state index contributed by atoms with van der Waals surface area (Å²) in [4.78, 5) is 75.6. The zero-order valence-corrected chi connectivity index (χ0v) is 25.3. The third-order valence-corrected chi connectivity index (χ3v) is 11.2. The van der Waals surface area contributed by atoms with Crippen molar-refractivity contribution in [3.63, 3.8) is 0 Å². The smallest absolute Gasteiger partial charge is 0.312 e. The van der Waals surface area contributed by atoms with E-state index in [1.807, 2.05) is 0 Å². The molecule has 0 bridgehead atoms. The third-order valence-electron chi connectivity index (χ3n) is 11.2. The van der Waals surface area contributed by atoms with Gasteiger partial charge >= 0.3 is 11.9 Å². The van der Waals surface area contributed by atoms with Crippen LogP contribution >= 0.6 is 0 Å². The molecule has 10 nitrogen and oxygen atoms in total. The molecule has 1 aromatic rings. The van der Waals surface area contributed by atoms with Crippen molar-refractivity contribution in [3.05, 3.63) is 47.5 Å². The summed E-state index contributed by atoms with van der Waals surface area (Å²) in [6, 6.07) is 8.49. The molecule has 0 aliphatic heterocycles. The number of Topliss-reactive ketones (excluding diaryl/α,β-unsaturated/α-hetero) is 2. The molecule has 5 rings (SSSR count). The zero-order chi connectivity index (χ0) is 31.9. The van der Waals surface area contributed by atoms with Crippen LogP contribution in [0.5, 0.6) is 0 Å². The summed E-state index contributed by atoms with van der Waals surface area (Å²) >= 11 is 0. The summed E-state index contributed by atoms with van der Waals surface area (Å²) in [5, 5.41) is 23.8. The van der Waals surface area contributed by atoms with Crippen molar-refractivity contribution in [2.24, 2.45) is 28.6 Å². The number of amides is 1. The van der Waals surface area contributed by atoms with Crippen LogP contribution in [-0.4, -0.2) is 64.2 Å². The number of carboxylic acids is 1. The quantitative estimate of drug-likeness (QED) is 0.339. The number of aliphatic carboxylic acids is 1. The fourth-order valence-electron chi connectivity index (χ4n) is 8.74. The highest BCUT2D eigenvalue weighted by Crippen LogP contribution is 2.66. The molecule has 4 aliphatic carbocycles. The third kappa shape index (κ3) is 5.53. The number of ether oxygens (including phenoxy) is 1. The molecule has 1 aromatic carbocycles. The van der Waals surface area contributed by atoms with Gasteiger partial charge in [-0.3, -0.25) is 28.8 Å². The lowest BCUT2D eigenvalue weighted by atomic mass is 9.46. The van der Waals surface area contributed by atoms with Crippen LogP contribution in [0.3, 0.4) is 0 Å². The van der Waals surface area contributed by atoms with Crippen LogP contribution in [-0.2, 0) is 33.5 Å². The second kappa shape index (κ2) is 12.0. The number of aliphatic hydroxyl groups is 1. The molecule has 0 saturated heterocycles. The first-order valence-corrected chi connectivity index (χ1v) is 15.5. The van der Waals surface area contributed by atoms with Gasteiger partial charge in [-0.15, -0.1) is 0 Å². The van der Waals surface area contributed by atoms with Crippen molar-refractivity contribution < 1.29 is 43.7 Å². The van der Waals surface area contributed by atoms with E-state index in [1.54, 1.807) is 43.3 Å². The van der Waals surface area contributed by atoms with Gasteiger partial charge in [-0.25, -0.2) is 0 Å². The number of nitrogens with one attached hydrogen (secondary N) is 1. The minimum absolute atomic E-state index is 0.00195. The Hall–Kier alpha value is -3.66. The number of fused-ring (bicyclic) bond motifs is 5. The number of carbonyl (C=O) groups excluding carboxylic acids is 5. The number of carbonyl (C=O) groups is 6. The second-order valence-corrected chi connectivity index (χ2v) is 13.5. The maximum absolute atomic E-state index is 13.8. The molecule has 0 heterocycles. The number of allylic oxidation sites excluding steroid dienone is 1. The summed E-state index contributed by atoms with van der Waals surface area (Å²) in [5.41, 5.74) is -1.60. The number of benzene rings is 1. The molecule has 3 fully saturated rings. The molecular weight excluding hydrogens is 566 g/mol. The first kappa shape index (κ1) is 31.8. The zero-order valence-electron chi connectivity index (χ0n) is 25.3. The van der Waals surface area contributed by atoms with E-state index in [2.05, 4.69) is 12.2 Å². The highest BCUT2D eigenvalue weighted by Gasteiger charge is 2.68. The van der Waals surface area contributed by atoms with Gasteiger partial charge in [-0.2, -0.15) is 0 Å². The fourth-order valence-corrected chi connectivity index (χ4v) is 8.74. The SMILES string of the molecule is C[C@]12CCC(=O)C=C1CC[C@@H]1[C@@H]2C(=O)C[C@@]2(C)[C@H]1CC[C@]2(O)C(=O)COC(=O)CCC(=O)NC[C@H](C(=O)O)c1ccccc1. The molecule has 0 aromatic heterocycles. The van der Waals surface area contributed by atoms with Crippen LogP contribution in [0.15, 0.2) is 42.0 Å². The maximum Gasteiger partial charge on any atom is 0.312 e. The lowest BCUT2D eigenvalue weighted by molar-refractivity contribution is -0.173. The van der Waals surface area contributed by atoms with Gasteiger partial charge in [-0.05, 0) is 61.0 Å². The van der Waals surface area contributed by atoms with Crippen LogP contribution in [0.2, 0.25) is 0 Å². The number of hydrogen-bond donors (Lipinski definition) is 3. The Morgan fingerprint density at radius 3 is 2.45 bits per heavy atom. The lowest BCUT2D eigenvalue weighted by Crippen LogP contribution is -2.61. The Labute approximate surface area is 256 Å². The number of esters is 1. The summed E-state index contributed by atoms with van der Waals surface area (Å²) in [5.74, 6) is -4.17. The Morgan fingerprint density at radius 1 is 1.02 bits per heavy atom. The van der Waals surface area contributed by atoms with E-state index in [0.717, 1.165) is 18.4 Å². The van der Waals surface area contributed by atoms with E-state index in [0.29, 0.717) is 24.8 Å². The van der Waals surface area contributed by atoms with Crippen LogP contribution in [0.25, 0.3) is 0 Å². The van der Waals surface area contributed by atoms with Gasteiger partial charge in [0, 0.05) is 37.1 Å². The molecule has 1 amide bonds. The predicted molar refractivity (Wildman–Crippen MR) is 157 cm³/mol. The highest BCUT2D eigenvalue weighted by molar-refractivity contribution is 5.95. The van der Waals surface area contributed by atoms with Gasteiger partial charge in [0.1, 0.15) is 11.4 Å². The number of ketones is 3. The van der Waals surface area contributed by atoms with Crippen LogP contribution in [0.4, 0.5) is 0 Å². The summed E-state index contributed by atoms with van der Waals surface area (Å²) in [7, 11) is 0. The van der Waals surface area contributed by atoms with Gasteiger partial charge in [0.05, 0.1) is 12.3 Å². The maximum atomic E-state index is 13.8. The van der Waals surface area contributed by atoms with Gasteiger partial charge in [-0.1, -0.05) is 49.8 Å². The first-order chi connectivity index (χ1) is 20.8. The van der Waals surface area contributed by atoms with E-state index in [4.69, 9.17) is 4.74 Å².